The molecule has 2 fully saturated rings. The number of piperidine rings is 1. The Morgan fingerprint density at radius 2 is 1.97 bits per heavy atom. The number of phenolic OH excluding ortho intramolecular Hbond substituents is 1. The van der Waals surface area contributed by atoms with E-state index in [1.165, 1.54) is 27.8 Å². The van der Waals surface area contributed by atoms with Crippen molar-refractivity contribution in [3.05, 3.63) is 53.1 Å². The van der Waals surface area contributed by atoms with Crippen LogP contribution in [-0.2, 0) is 7.05 Å². The molecule has 2 aromatic heterocycles. The smallest absolute Gasteiger partial charge is 0.283 e. The van der Waals surface area contributed by atoms with Crippen LogP contribution >= 0.6 is 0 Å². The van der Waals surface area contributed by atoms with Crippen molar-refractivity contribution in [1.82, 2.24) is 25.1 Å². The van der Waals surface area contributed by atoms with Gasteiger partial charge < -0.3 is 19.9 Å². The van der Waals surface area contributed by atoms with Gasteiger partial charge in [0.05, 0.1) is 23.8 Å². The third-order valence-corrected chi connectivity index (χ3v) is 6.71. The van der Waals surface area contributed by atoms with Gasteiger partial charge in [-0.05, 0) is 48.6 Å². The summed E-state index contributed by atoms with van der Waals surface area (Å²) in [6, 6.07) is 6.47. The third-order valence-electron chi connectivity index (χ3n) is 6.71. The first-order valence-electron chi connectivity index (χ1n) is 10.8. The number of alkyl halides is 2. The fourth-order valence-electron chi connectivity index (χ4n) is 4.73. The number of fused-ring (bicyclic) bond motifs is 2. The minimum Gasteiger partial charge on any atom is -0.507 e. The van der Waals surface area contributed by atoms with E-state index in [1.54, 1.807) is 38.5 Å². The molecule has 172 valence electrons. The summed E-state index contributed by atoms with van der Waals surface area (Å²) < 4.78 is 31.2. The lowest BCUT2D eigenvalue weighted by Crippen LogP contribution is -2.62. The Labute approximate surface area is 188 Å². The number of rotatable bonds is 4. The van der Waals surface area contributed by atoms with Crippen LogP contribution in [-0.4, -0.2) is 56.0 Å². The molecule has 33 heavy (non-hydrogen) atoms. The summed E-state index contributed by atoms with van der Waals surface area (Å²) in [6.45, 7) is 0. The van der Waals surface area contributed by atoms with Gasteiger partial charge in [-0.2, -0.15) is 0 Å². The number of aromatic nitrogens is 4. The molecule has 0 unspecified atom stereocenters. The molecule has 0 aliphatic carbocycles. The normalized spacial score (nSPS) is 23.5. The fraction of sp³-hybridized carbons (Fsp3) is 0.391. The number of anilines is 1. The van der Waals surface area contributed by atoms with Gasteiger partial charge >= 0.3 is 0 Å². The molecule has 2 N–H and O–H groups in total. The molecule has 2 aliphatic heterocycles. The number of phenols is 1. The average Bonchev–Trinajstić information content (AvgIpc) is 3.24. The Kier molecular flexibility index (Phi) is 5.12. The lowest BCUT2D eigenvalue weighted by Gasteiger charge is -2.42. The molecule has 10 heteroatoms. The number of aromatic hydroxyl groups is 1. The van der Waals surface area contributed by atoms with Crippen LogP contribution in [0.5, 0.6) is 5.75 Å². The van der Waals surface area contributed by atoms with Crippen LogP contribution in [0.15, 0.2) is 47.5 Å². The second kappa shape index (κ2) is 7.87. The second-order valence-electron chi connectivity index (χ2n) is 8.77. The van der Waals surface area contributed by atoms with Gasteiger partial charge in [-0.25, -0.2) is 13.8 Å². The number of nitrogens with one attached hydrogen (secondary N) is 1. The summed E-state index contributed by atoms with van der Waals surface area (Å²) in [5, 5.41) is 21.7. The zero-order chi connectivity index (χ0) is 23.3. The van der Waals surface area contributed by atoms with Gasteiger partial charge in [0.2, 0.25) is 0 Å². The van der Waals surface area contributed by atoms with E-state index in [4.69, 9.17) is 0 Å². The Hall–Kier alpha value is -3.40. The van der Waals surface area contributed by atoms with E-state index >= 15 is 0 Å². The summed E-state index contributed by atoms with van der Waals surface area (Å²) in [4.78, 5) is 17.6. The van der Waals surface area contributed by atoms with Gasteiger partial charge in [0, 0.05) is 32.4 Å². The molecule has 3 aromatic rings. The summed E-state index contributed by atoms with van der Waals surface area (Å²) in [6.07, 6.45) is 4.60. The highest BCUT2D eigenvalue weighted by Crippen LogP contribution is 2.41. The number of aryl methyl sites for hydroxylation is 1. The number of hydrogen-bond acceptors (Lipinski definition) is 7. The molecule has 1 aromatic carbocycles. The van der Waals surface area contributed by atoms with Crippen molar-refractivity contribution < 1.29 is 13.9 Å². The van der Waals surface area contributed by atoms with Crippen molar-refractivity contribution >= 4 is 5.82 Å². The molecule has 0 spiro atoms. The highest BCUT2D eigenvalue weighted by Gasteiger charge is 2.56. The molecule has 2 saturated heterocycles. The predicted molar refractivity (Wildman–Crippen MR) is 119 cm³/mol. The first kappa shape index (κ1) is 21.4. The predicted octanol–water partition coefficient (Wildman–Crippen LogP) is 2.57. The number of benzene rings is 1. The quantitative estimate of drug-likeness (QED) is 0.626. The monoisotopic (exact) mass is 454 g/mol. The van der Waals surface area contributed by atoms with Crippen LogP contribution in [0.25, 0.3) is 22.5 Å². The number of halogens is 2. The molecule has 0 radical (unpaired) electrons. The topological polar surface area (TPSA) is 96.2 Å². The van der Waals surface area contributed by atoms with E-state index in [0.29, 0.717) is 29.5 Å². The van der Waals surface area contributed by atoms with Gasteiger partial charge in [0.15, 0.2) is 11.6 Å². The van der Waals surface area contributed by atoms with Gasteiger partial charge in [0.25, 0.3) is 11.5 Å². The fourth-order valence-corrected chi connectivity index (χ4v) is 4.73. The maximum Gasteiger partial charge on any atom is 0.283 e. The molecule has 2 aliphatic rings. The zero-order valence-corrected chi connectivity index (χ0v) is 18.2. The van der Waals surface area contributed by atoms with Gasteiger partial charge in [-0.3, -0.25) is 4.79 Å². The van der Waals surface area contributed by atoms with Crippen molar-refractivity contribution in [1.29, 1.82) is 0 Å². The maximum absolute atomic E-state index is 14.9. The molecule has 8 nitrogen and oxygen atoms in total. The Bertz CT molecular complexity index is 1250. The lowest BCUT2D eigenvalue weighted by atomic mass is 9.94. The van der Waals surface area contributed by atoms with Crippen molar-refractivity contribution in [3.63, 3.8) is 0 Å². The molecule has 0 saturated carbocycles. The van der Waals surface area contributed by atoms with Gasteiger partial charge in [-0.1, -0.05) is 6.07 Å². The van der Waals surface area contributed by atoms with Crippen LogP contribution in [0.1, 0.15) is 19.3 Å². The molecule has 4 heterocycles. The highest BCUT2D eigenvalue weighted by molar-refractivity contribution is 5.72. The zero-order valence-electron chi connectivity index (χ0n) is 18.2. The Morgan fingerprint density at radius 1 is 1.18 bits per heavy atom. The molecule has 2 bridgehead atoms. The molecular weight excluding hydrogens is 430 g/mol. The summed E-state index contributed by atoms with van der Waals surface area (Å²) >= 11 is 0. The van der Waals surface area contributed by atoms with E-state index in [1.807, 2.05) is 0 Å². The first-order chi connectivity index (χ1) is 15.7. The largest absolute Gasteiger partial charge is 0.507 e. The lowest BCUT2D eigenvalue weighted by molar-refractivity contribution is -0.0726. The Morgan fingerprint density at radius 3 is 2.67 bits per heavy atom. The highest BCUT2D eigenvalue weighted by atomic mass is 19.3. The van der Waals surface area contributed by atoms with E-state index in [9.17, 15) is 18.7 Å². The minimum absolute atomic E-state index is 0.0717. The van der Waals surface area contributed by atoms with Crippen molar-refractivity contribution in [2.24, 2.45) is 7.05 Å². The SMILES string of the molecule is CN(c1cnc(-c2ccc(-c3ccn(C)c(=O)c3)cc2O)nn1)[C@H]1C[C@H]2CC[C@@H](N2)C1(F)F. The number of hydrogen-bond donors (Lipinski definition) is 2. The van der Waals surface area contributed by atoms with Crippen LogP contribution in [0.3, 0.4) is 0 Å². The van der Waals surface area contributed by atoms with Crippen LogP contribution < -0.4 is 15.8 Å². The molecular formula is C23H24F2N6O2. The van der Waals surface area contributed by atoms with Crippen LogP contribution in [0, 0.1) is 0 Å². The van der Waals surface area contributed by atoms with E-state index < -0.39 is 18.0 Å². The summed E-state index contributed by atoms with van der Waals surface area (Å²) in [5.41, 5.74) is 1.54. The number of pyridine rings is 1. The summed E-state index contributed by atoms with van der Waals surface area (Å²) in [7, 11) is 3.25. The second-order valence-corrected chi connectivity index (χ2v) is 8.77. The van der Waals surface area contributed by atoms with Crippen LogP contribution in [0.2, 0.25) is 0 Å². The van der Waals surface area contributed by atoms with E-state index in [-0.39, 0.29) is 29.0 Å². The Balaban J connectivity index is 1.38. The first-order valence-corrected chi connectivity index (χ1v) is 10.8. The van der Waals surface area contributed by atoms with E-state index in [0.717, 1.165) is 6.42 Å². The van der Waals surface area contributed by atoms with Crippen molar-refractivity contribution in [2.75, 3.05) is 11.9 Å². The average molecular weight is 454 g/mol. The van der Waals surface area contributed by atoms with Gasteiger partial charge in [-0.15, -0.1) is 10.2 Å². The molecule has 5 rings (SSSR count). The molecule has 3 atom stereocenters. The standard InChI is InChI=1S/C23H24F2N6O2/c1-30-8-7-14(10-21(30)33)13-3-5-16(17(32)9-13)22-26-12-20(28-29-22)31(2)19-11-15-4-6-18(27-15)23(19,24)25/h3,5,7-10,12,15,18-19,27,32H,4,6,11H2,1-2H3/t15-,18-,19+/m1/s1. The maximum atomic E-state index is 14.9. The summed E-state index contributed by atoms with van der Waals surface area (Å²) in [5.74, 6) is -2.52. The van der Waals surface area contributed by atoms with Crippen molar-refractivity contribution in [3.8, 4) is 28.3 Å². The molecule has 0 amide bonds. The van der Waals surface area contributed by atoms with Crippen molar-refractivity contribution in [2.45, 2.75) is 43.3 Å². The van der Waals surface area contributed by atoms with Gasteiger partial charge in [0.1, 0.15) is 5.75 Å². The van der Waals surface area contributed by atoms with Crippen LogP contribution in [0.4, 0.5) is 14.6 Å². The minimum atomic E-state index is -2.88. The third kappa shape index (κ3) is 3.74. The van der Waals surface area contributed by atoms with E-state index in [2.05, 4.69) is 20.5 Å². The number of nitrogens with zero attached hydrogens (tertiary/aromatic N) is 5.